The molecule has 3 N–H and O–H groups in total. The molecule has 9 heteroatoms. The van der Waals surface area contributed by atoms with E-state index in [9.17, 15) is 14.0 Å². The van der Waals surface area contributed by atoms with Crippen LogP contribution in [0.1, 0.15) is 20.7 Å². The number of carbonyl (C=O) groups is 2. The molecule has 0 aliphatic heterocycles. The molecule has 0 saturated heterocycles. The van der Waals surface area contributed by atoms with E-state index in [2.05, 4.69) is 20.8 Å². The molecule has 0 spiro atoms. The van der Waals surface area contributed by atoms with Crippen molar-refractivity contribution in [1.29, 1.82) is 0 Å². The van der Waals surface area contributed by atoms with Crippen molar-refractivity contribution in [2.45, 2.75) is 0 Å². The van der Waals surface area contributed by atoms with Gasteiger partial charge in [-0.2, -0.15) is 5.10 Å². The summed E-state index contributed by atoms with van der Waals surface area (Å²) in [6.45, 7) is 0. The summed E-state index contributed by atoms with van der Waals surface area (Å²) >= 11 is 5.75. The average molecular weight is 465 g/mol. The fourth-order valence-corrected chi connectivity index (χ4v) is 3.39. The molecule has 1 heterocycles. The van der Waals surface area contributed by atoms with E-state index in [0.29, 0.717) is 22.7 Å². The molecule has 2 amide bonds. The Balaban J connectivity index is 1.57. The maximum absolute atomic E-state index is 14.1. The molecule has 166 valence electrons. The topological polar surface area (TPSA) is 96.1 Å². The molecule has 0 bridgehead atoms. The molecule has 0 fully saturated rings. The van der Waals surface area contributed by atoms with Crippen LogP contribution in [0.25, 0.3) is 11.3 Å². The Hall–Kier alpha value is -4.17. The highest BCUT2D eigenvalue weighted by atomic mass is 35.5. The Bertz CT molecular complexity index is 1320. The van der Waals surface area contributed by atoms with Gasteiger partial charge in [-0.3, -0.25) is 14.7 Å². The first-order valence-corrected chi connectivity index (χ1v) is 10.2. The largest absolute Gasteiger partial charge is 0.495 e. The van der Waals surface area contributed by atoms with Crippen LogP contribution in [-0.4, -0.2) is 29.1 Å². The van der Waals surface area contributed by atoms with Crippen molar-refractivity contribution in [3.05, 3.63) is 94.9 Å². The molecule has 3 aromatic carbocycles. The van der Waals surface area contributed by atoms with E-state index in [-0.39, 0.29) is 16.3 Å². The van der Waals surface area contributed by atoms with E-state index in [4.69, 9.17) is 16.3 Å². The van der Waals surface area contributed by atoms with Gasteiger partial charge in [-0.15, -0.1) is 0 Å². The van der Waals surface area contributed by atoms with Crippen LogP contribution in [0.2, 0.25) is 5.02 Å². The molecule has 0 aliphatic carbocycles. The van der Waals surface area contributed by atoms with Crippen LogP contribution in [0, 0.1) is 5.82 Å². The highest BCUT2D eigenvalue weighted by Gasteiger charge is 2.18. The predicted molar refractivity (Wildman–Crippen MR) is 124 cm³/mol. The van der Waals surface area contributed by atoms with Crippen molar-refractivity contribution >= 4 is 34.8 Å². The summed E-state index contributed by atoms with van der Waals surface area (Å²) in [5.74, 6) is -1.50. The molecule has 0 saturated carbocycles. The molecule has 4 aromatic rings. The number of nitrogens with zero attached hydrogens (tertiary/aromatic N) is 1. The van der Waals surface area contributed by atoms with Gasteiger partial charge in [0.15, 0.2) is 0 Å². The lowest BCUT2D eigenvalue weighted by atomic mass is 10.1. The third-order valence-corrected chi connectivity index (χ3v) is 5.06. The van der Waals surface area contributed by atoms with Crippen LogP contribution in [0.4, 0.5) is 15.8 Å². The third kappa shape index (κ3) is 4.86. The van der Waals surface area contributed by atoms with Crippen molar-refractivity contribution < 1.29 is 18.7 Å². The van der Waals surface area contributed by atoms with Crippen LogP contribution in [0.15, 0.2) is 72.9 Å². The zero-order valence-electron chi connectivity index (χ0n) is 17.4. The molecule has 0 radical (unpaired) electrons. The van der Waals surface area contributed by atoms with Gasteiger partial charge >= 0.3 is 0 Å². The summed E-state index contributed by atoms with van der Waals surface area (Å²) in [5, 5.41) is 12.4. The molecular formula is C24H18ClFN4O3. The number of methoxy groups -OCH3 is 1. The minimum Gasteiger partial charge on any atom is -0.495 e. The van der Waals surface area contributed by atoms with Gasteiger partial charge in [-0.25, -0.2) is 4.39 Å². The number of hydrogen-bond acceptors (Lipinski definition) is 4. The maximum Gasteiger partial charge on any atom is 0.259 e. The first-order valence-electron chi connectivity index (χ1n) is 9.81. The number of ether oxygens (including phenoxy) is 1. The van der Waals surface area contributed by atoms with Crippen molar-refractivity contribution in [1.82, 2.24) is 10.2 Å². The quantitative estimate of drug-likeness (QED) is 0.357. The van der Waals surface area contributed by atoms with Gasteiger partial charge in [0.2, 0.25) is 0 Å². The zero-order valence-corrected chi connectivity index (χ0v) is 18.1. The lowest BCUT2D eigenvalue weighted by Crippen LogP contribution is -2.16. The van der Waals surface area contributed by atoms with Gasteiger partial charge in [-0.05, 0) is 36.4 Å². The van der Waals surface area contributed by atoms with Crippen LogP contribution in [0.5, 0.6) is 5.75 Å². The van der Waals surface area contributed by atoms with Gasteiger partial charge < -0.3 is 15.4 Å². The van der Waals surface area contributed by atoms with E-state index >= 15 is 0 Å². The van der Waals surface area contributed by atoms with E-state index in [1.54, 1.807) is 12.1 Å². The van der Waals surface area contributed by atoms with Gasteiger partial charge in [-0.1, -0.05) is 41.9 Å². The molecule has 33 heavy (non-hydrogen) atoms. The van der Waals surface area contributed by atoms with E-state index in [1.807, 2.05) is 30.3 Å². The second kappa shape index (κ2) is 9.54. The average Bonchev–Trinajstić information content (AvgIpc) is 3.30. The van der Waals surface area contributed by atoms with Gasteiger partial charge in [0.1, 0.15) is 11.6 Å². The standard InChI is InChI=1S/C24H18ClFN4O3/c1-33-21-10-8-16(12-20(21)29-23(31)17-9-7-15(25)11-19(17)26)28-24(32)18-13-27-30-22(18)14-5-3-2-4-6-14/h2-13H,1H3,(H,27,30)(H,28,32)(H,29,31). The summed E-state index contributed by atoms with van der Waals surface area (Å²) < 4.78 is 19.4. The molecule has 4 rings (SSSR count). The SMILES string of the molecule is COc1ccc(NC(=O)c2cn[nH]c2-c2ccccc2)cc1NC(=O)c1ccc(Cl)cc1F. The molecule has 0 unspecified atom stereocenters. The molecular weight excluding hydrogens is 447 g/mol. The third-order valence-electron chi connectivity index (χ3n) is 4.83. The number of nitrogens with one attached hydrogen (secondary N) is 3. The highest BCUT2D eigenvalue weighted by molar-refractivity contribution is 6.30. The second-order valence-corrected chi connectivity index (χ2v) is 7.41. The molecule has 0 atom stereocenters. The lowest BCUT2D eigenvalue weighted by molar-refractivity contribution is 0.101. The van der Waals surface area contributed by atoms with Crippen molar-refractivity contribution in [3.8, 4) is 17.0 Å². The number of anilines is 2. The van der Waals surface area contributed by atoms with Gasteiger partial charge in [0.25, 0.3) is 11.8 Å². The van der Waals surface area contributed by atoms with Crippen molar-refractivity contribution in [2.75, 3.05) is 17.7 Å². The predicted octanol–water partition coefficient (Wildman–Crippen LogP) is 5.38. The molecule has 0 aliphatic rings. The summed E-state index contributed by atoms with van der Waals surface area (Å²) in [5.41, 5.74) is 2.21. The summed E-state index contributed by atoms with van der Waals surface area (Å²) in [7, 11) is 1.43. The smallest absolute Gasteiger partial charge is 0.259 e. The number of hydrogen-bond donors (Lipinski definition) is 3. The Morgan fingerprint density at radius 3 is 2.45 bits per heavy atom. The van der Waals surface area contributed by atoms with E-state index < -0.39 is 17.6 Å². The van der Waals surface area contributed by atoms with Crippen LogP contribution in [0.3, 0.4) is 0 Å². The fraction of sp³-hybridized carbons (Fsp3) is 0.0417. The maximum atomic E-state index is 14.1. The Kier molecular flexibility index (Phi) is 6.37. The Morgan fingerprint density at radius 1 is 0.970 bits per heavy atom. The minimum atomic E-state index is -0.753. The van der Waals surface area contributed by atoms with Gasteiger partial charge in [0.05, 0.1) is 35.8 Å². The summed E-state index contributed by atoms with van der Waals surface area (Å²) in [6.07, 6.45) is 1.44. The normalized spacial score (nSPS) is 10.5. The van der Waals surface area contributed by atoms with Crippen LogP contribution < -0.4 is 15.4 Å². The number of amides is 2. The highest BCUT2D eigenvalue weighted by Crippen LogP contribution is 2.30. The second-order valence-electron chi connectivity index (χ2n) is 6.97. The van der Waals surface area contributed by atoms with Gasteiger partial charge in [0, 0.05) is 16.3 Å². The number of H-pyrrole nitrogens is 1. The summed E-state index contributed by atoms with van der Waals surface area (Å²) in [6, 6.07) is 17.8. The molecule has 7 nitrogen and oxygen atoms in total. The first kappa shape index (κ1) is 22.0. The first-order chi connectivity index (χ1) is 16.0. The number of carbonyl (C=O) groups excluding carboxylic acids is 2. The molecule has 1 aromatic heterocycles. The van der Waals surface area contributed by atoms with Crippen molar-refractivity contribution in [2.24, 2.45) is 0 Å². The number of rotatable bonds is 6. The lowest BCUT2D eigenvalue weighted by Gasteiger charge is -2.13. The number of aromatic nitrogens is 2. The zero-order chi connectivity index (χ0) is 23.4. The Labute approximate surface area is 193 Å². The minimum absolute atomic E-state index is 0.179. The van der Waals surface area contributed by atoms with Crippen LogP contribution >= 0.6 is 11.6 Å². The van der Waals surface area contributed by atoms with Crippen LogP contribution in [-0.2, 0) is 0 Å². The summed E-state index contributed by atoms with van der Waals surface area (Å²) in [4.78, 5) is 25.5. The monoisotopic (exact) mass is 464 g/mol. The fourth-order valence-electron chi connectivity index (χ4n) is 3.23. The Morgan fingerprint density at radius 2 is 1.73 bits per heavy atom. The number of benzene rings is 3. The van der Waals surface area contributed by atoms with E-state index in [1.165, 1.54) is 31.5 Å². The number of aromatic amines is 1. The number of halogens is 2. The van der Waals surface area contributed by atoms with Crippen molar-refractivity contribution in [3.63, 3.8) is 0 Å². The van der Waals surface area contributed by atoms with E-state index in [0.717, 1.165) is 11.6 Å².